The zero-order valence-electron chi connectivity index (χ0n) is 8.81. The van der Waals surface area contributed by atoms with E-state index in [9.17, 15) is 4.79 Å². The van der Waals surface area contributed by atoms with Crippen LogP contribution in [-0.2, 0) is 16.1 Å². The van der Waals surface area contributed by atoms with Gasteiger partial charge in [0.05, 0.1) is 0 Å². The highest BCUT2D eigenvalue weighted by molar-refractivity contribution is 7.07. The topological polar surface area (TPSA) is 29.5 Å². The molecule has 2 heterocycles. The van der Waals surface area contributed by atoms with Gasteiger partial charge in [0.25, 0.3) is 5.91 Å². The normalized spacial score (nSPS) is 20.5. The quantitative estimate of drug-likeness (QED) is 0.786. The van der Waals surface area contributed by atoms with Crippen LogP contribution in [0.15, 0.2) is 16.8 Å². The maximum absolute atomic E-state index is 11.9. The van der Waals surface area contributed by atoms with Gasteiger partial charge in [-0.3, -0.25) is 4.79 Å². The molecule has 0 bridgehead atoms. The lowest BCUT2D eigenvalue weighted by molar-refractivity contribution is -0.140. The fourth-order valence-electron chi connectivity index (χ4n) is 1.75. The lowest BCUT2D eigenvalue weighted by atomic mass is 10.2. The molecule has 1 fully saturated rings. The zero-order valence-corrected chi connectivity index (χ0v) is 9.63. The maximum Gasteiger partial charge on any atom is 0.251 e. The summed E-state index contributed by atoms with van der Waals surface area (Å²) in [6.07, 6.45) is 1.67. The van der Waals surface area contributed by atoms with Gasteiger partial charge in [-0.2, -0.15) is 11.3 Å². The van der Waals surface area contributed by atoms with Crippen molar-refractivity contribution in [2.24, 2.45) is 0 Å². The van der Waals surface area contributed by atoms with Gasteiger partial charge in [-0.25, -0.2) is 0 Å². The van der Waals surface area contributed by atoms with E-state index in [1.54, 1.807) is 16.2 Å². The molecule has 2 rings (SSSR count). The van der Waals surface area contributed by atoms with E-state index in [-0.39, 0.29) is 12.0 Å². The SMILES string of the molecule is CN(Cc1ccsc1)C(=O)[C@@H]1CCCO1. The van der Waals surface area contributed by atoms with E-state index in [2.05, 4.69) is 5.38 Å². The van der Waals surface area contributed by atoms with Gasteiger partial charge in [-0.1, -0.05) is 0 Å². The Morgan fingerprint density at radius 3 is 3.20 bits per heavy atom. The van der Waals surface area contributed by atoms with E-state index >= 15 is 0 Å². The van der Waals surface area contributed by atoms with Crippen molar-refractivity contribution < 1.29 is 9.53 Å². The number of carbonyl (C=O) groups excluding carboxylic acids is 1. The number of nitrogens with zero attached hydrogens (tertiary/aromatic N) is 1. The fourth-order valence-corrected chi connectivity index (χ4v) is 2.41. The van der Waals surface area contributed by atoms with E-state index in [1.165, 1.54) is 5.56 Å². The van der Waals surface area contributed by atoms with E-state index in [4.69, 9.17) is 4.74 Å². The predicted octanol–water partition coefficient (Wildman–Crippen LogP) is 1.89. The van der Waals surface area contributed by atoms with Crippen molar-refractivity contribution in [3.05, 3.63) is 22.4 Å². The van der Waals surface area contributed by atoms with Gasteiger partial charge in [0.1, 0.15) is 6.10 Å². The predicted molar refractivity (Wildman–Crippen MR) is 59.8 cm³/mol. The molecule has 1 amide bonds. The molecule has 3 nitrogen and oxygen atoms in total. The first-order valence-corrected chi connectivity index (χ1v) is 6.09. The average molecular weight is 225 g/mol. The molecule has 0 radical (unpaired) electrons. The molecule has 4 heteroatoms. The molecule has 0 aromatic carbocycles. The van der Waals surface area contributed by atoms with Crippen molar-refractivity contribution in [3.8, 4) is 0 Å². The summed E-state index contributed by atoms with van der Waals surface area (Å²) < 4.78 is 5.37. The maximum atomic E-state index is 11.9. The Hall–Kier alpha value is -0.870. The number of thiophene rings is 1. The Morgan fingerprint density at radius 2 is 2.60 bits per heavy atom. The lowest BCUT2D eigenvalue weighted by Crippen LogP contribution is -2.35. The number of rotatable bonds is 3. The standard InChI is InChI=1S/C11H15NO2S/c1-12(7-9-4-6-15-8-9)11(13)10-3-2-5-14-10/h4,6,8,10H,2-3,5,7H2,1H3/t10-/m0/s1. The second-order valence-electron chi connectivity index (χ2n) is 3.83. The molecular formula is C11H15NO2S. The van der Waals surface area contributed by atoms with Crippen LogP contribution in [0.3, 0.4) is 0 Å². The van der Waals surface area contributed by atoms with E-state index < -0.39 is 0 Å². The number of carbonyl (C=O) groups is 1. The third-order valence-corrected chi connectivity index (χ3v) is 3.31. The van der Waals surface area contributed by atoms with Gasteiger partial charge in [0.15, 0.2) is 0 Å². The molecule has 0 saturated carbocycles. The monoisotopic (exact) mass is 225 g/mol. The van der Waals surface area contributed by atoms with E-state index in [0.29, 0.717) is 6.54 Å². The molecule has 0 spiro atoms. The molecule has 82 valence electrons. The molecule has 15 heavy (non-hydrogen) atoms. The van der Waals surface area contributed by atoms with Crippen molar-refractivity contribution in [1.29, 1.82) is 0 Å². The van der Waals surface area contributed by atoms with Crippen molar-refractivity contribution in [1.82, 2.24) is 4.90 Å². The van der Waals surface area contributed by atoms with Crippen LogP contribution in [0.25, 0.3) is 0 Å². The van der Waals surface area contributed by atoms with Gasteiger partial charge in [-0.15, -0.1) is 0 Å². The summed E-state index contributed by atoms with van der Waals surface area (Å²) in [7, 11) is 1.84. The summed E-state index contributed by atoms with van der Waals surface area (Å²) in [6, 6.07) is 2.05. The highest BCUT2D eigenvalue weighted by Crippen LogP contribution is 2.16. The number of hydrogen-bond donors (Lipinski definition) is 0. The molecule has 1 aromatic heterocycles. The summed E-state index contributed by atoms with van der Waals surface area (Å²) in [4.78, 5) is 13.6. The number of ether oxygens (including phenoxy) is 1. The van der Waals surface area contributed by atoms with Crippen LogP contribution < -0.4 is 0 Å². The lowest BCUT2D eigenvalue weighted by Gasteiger charge is -2.19. The Kier molecular flexibility index (Phi) is 3.38. The van der Waals surface area contributed by atoms with Gasteiger partial charge in [0.2, 0.25) is 0 Å². The van der Waals surface area contributed by atoms with Crippen molar-refractivity contribution in [2.75, 3.05) is 13.7 Å². The zero-order chi connectivity index (χ0) is 10.7. The number of hydrogen-bond acceptors (Lipinski definition) is 3. The average Bonchev–Trinajstić information content (AvgIpc) is 2.88. The summed E-state index contributed by atoms with van der Waals surface area (Å²) in [6.45, 7) is 1.41. The molecule has 1 saturated heterocycles. The van der Waals surface area contributed by atoms with Crippen LogP contribution >= 0.6 is 11.3 Å². The molecule has 0 aliphatic carbocycles. The van der Waals surface area contributed by atoms with Crippen molar-refractivity contribution in [2.45, 2.75) is 25.5 Å². The van der Waals surface area contributed by atoms with Gasteiger partial charge in [-0.05, 0) is 35.2 Å². The third kappa shape index (κ3) is 2.58. The van der Waals surface area contributed by atoms with Crippen LogP contribution in [0.5, 0.6) is 0 Å². The minimum absolute atomic E-state index is 0.110. The Labute approximate surface area is 93.7 Å². The van der Waals surface area contributed by atoms with Crippen LogP contribution in [0.4, 0.5) is 0 Å². The minimum Gasteiger partial charge on any atom is -0.368 e. The second-order valence-corrected chi connectivity index (χ2v) is 4.61. The number of amides is 1. The second kappa shape index (κ2) is 4.77. The minimum atomic E-state index is -0.200. The van der Waals surface area contributed by atoms with Crippen molar-refractivity contribution >= 4 is 17.2 Å². The first-order chi connectivity index (χ1) is 7.27. The number of likely N-dealkylation sites (N-methyl/N-ethyl adjacent to an activating group) is 1. The molecule has 0 unspecified atom stereocenters. The van der Waals surface area contributed by atoms with E-state index in [1.807, 2.05) is 18.5 Å². The van der Waals surface area contributed by atoms with Crippen LogP contribution in [0.1, 0.15) is 18.4 Å². The Balaban J connectivity index is 1.89. The van der Waals surface area contributed by atoms with Crippen LogP contribution in [0, 0.1) is 0 Å². The Bertz CT molecular complexity index is 317. The molecule has 1 aliphatic heterocycles. The largest absolute Gasteiger partial charge is 0.368 e. The summed E-state index contributed by atoms with van der Waals surface area (Å²) in [5, 5.41) is 4.10. The Morgan fingerprint density at radius 1 is 1.73 bits per heavy atom. The van der Waals surface area contributed by atoms with Gasteiger partial charge >= 0.3 is 0 Å². The first-order valence-electron chi connectivity index (χ1n) is 5.15. The molecular weight excluding hydrogens is 210 g/mol. The van der Waals surface area contributed by atoms with Gasteiger partial charge in [0, 0.05) is 20.2 Å². The summed E-state index contributed by atoms with van der Waals surface area (Å²) in [5.74, 6) is 0.110. The van der Waals surface area contributed by atoms with Crippen LogP contribution in [-0.4, -0.2) is 30.6 Å². The molecule has 1 aliphatic rings. The summed E-state index contributed by atoms with van der Waals surface area (Å²) in [5.41, 5.74) is 1.19. The van der Waals surface area contributed by atoms with E-state index in [0.717, 1.165) is 19.4 Å². The van der Waals surface area contributed by atoms with Crippen LogP contribution in [0.2, 0.25) is 0 Å². The summed E-state index contributed by atoms with van der Waals surface area (Å²) >= 11 is 1.66. The smallest absolute Gasteiger partial charge is 0.251 e. The molecule has 1 aromatic rings. The van der Waals surface area contributed by atoms with Crippen molar-refractivity contribution in [3.63, 3.8) is 0 Å². The highest BCUT2D eigenvalue weighted by atomic mass is 32.1. The fraction of sp³-hybridized carbons (Fsp3) is 0.545. The molecule has 0 N–H and O–H groups in total. The highest BCUT2D eigenvalue weighted by Gasteiger charge is 2.26. The van der Waals surface area contributed by atoms with Gasteiger partial charge < -0.3 is 9.64 Å². The first kappa shape index (κ1) is 10.6. The third-order valence-electron chi connectivity index (χ3n) is 2.58. The molecule has 1 atom stereocenters.